The molecule has 0 spiro atoms. The summed E-state index contributed by atoms with van der Waals surface area (Å²) in [6.45, 7) is 2.52. The lowest BCUT2D eigenvalue weighted by atomic mass is 10.1. The van der Waals surface area contributed by atoms with Gasteiger partial charge in [0.15, 0.2) is 0 Å². The van der Waals surface area contributed by atoms with Crippen LogP contribution in [0.25, 0.3) is 0 Å². The number of nitro groups is 1. The molecule has 0 aliphatic heterocycles. The van der Waals surface area contributed by atoms with Crippen molar-refractivity contribution in [2.75, 3.05) is 5.32 Å². The van der Waals surface area contributed by atoms with Crippen LogP contribution in [0.3, 0.4) is 0 Å². The van der Waals surface area contributed by atoms with E-state index in [9.17, 15) is 10.1 Å². The minimum absolute atomic E-state index is 0.0250. The Morgan fingerprint density at radius 2 is 2.05 bits per heavy atom. The fourth-order valence-electron chi connectivity index (χ4n) is 1.83. The van der Waals surface area contributed by atoms with Gasteiger partial charge >= 0.3 is 0 Å². The number of hydrogen-bond donors (Lipinski definition) is 1. The summed E-state index contributed by atoms with van der Waals surface area (Å²) in [4.78, 5) is 10.5. The van der Waals surface area contributed by atoms with Crippen molar-refractivity contribution in [3.8, 4) is 0 Å². The number of halogens is 1. The van der Waals surface area contributed by atoms with Crippen molar-refractivity contribution < 1.29 is 4.92 Å². The van der Waals surface area contributed by atoms with Gasteiger partial charge in [-0.15, -0.1) is 0 Å². The van der Waals surface area contributed by atoms with Gasteiger partial charge in [-0.25, -0.2) is 0 Å². The zero-order chi connectivity index (χ0) is 13.8. The molecule has 2 aromatic carbocycles. The number of anilines is 1. The number of nitrogens with one attached hydrogen (secondary N) is 1. The summed E-state index contributed by atoms with van der Waals surface area (Å²) in [5, 5.41) is 14.4. The van der Waals surface area contributed by atoms with Crippen LogP contribution in [0.15, 0.2) is 42.5 Å². The molecule has 0 saturated carbocycles. The lowest BCUT2D eigenvalue weighted by Crippen LogP contribution is -2.02. The van der Waals surface area contributed by atoms with Gasteiger partial charge in [0.1, 0.15) is 5.69 Å². The maximum absolute atomic E-state index is 10.9. The lowest BCUT2D eigenvalue weighted by molar-refractivity contribution is -0.384. The van der Waals surface area contributed by atoms with Crippen molar-refractivity contribution in [2.45, 2.75) is 13.5 Å². The van der Waals surface area contributed by atoms with E-state index >= 15 is 0 Å². The van der Waals surface area contributed by atoms with E-state index in [1.54, 1.807) is 6.07 Å². The largest absolute Gasteiger partial charge is 0.375 e. The molecule has 0 saturated heterocycles. The number of hydrogen-bond acceptors (Lipinski definition) is 3. The van der Waals surface area contributed by atoms with Gasteiger partial charge in [-0.1, -0.05) is 41.4 Å². The normalized spacial score (nSPS) is 10.2. The van der Waals surface area contributed by atoms with E-state index in [0.717, 1.165) is 11.1 Å². The second-order valence-electron chi connectivity index (χ2n) is 4.26. The molecule has 4 nitrogen and oxygen atoms in total. The van der Waals surface area contributed by atoms with Crippen LogP contribution >= 0.6 is 11.6 Å². The third kappa shape index (κ3) is 3.45. The number of aryl methyl sites for hydroxylation is 1. The van der Waals surface area contributed by atoms with Gasteiger partial charge in [0.25, 0.3) is 5.69 Å². The Hall–Kier alpha value is -2.07. The SMILES string of the molecule is Cc1cccc(CNc2cc(Cl)ccc2[N+](=O)[O-])c1. The van der Waals surface area contributed by atoms with Crippen LogP contribution in [0.1, 0.15) is 11.1 Å². The molecule has 0 aliphatic rings. The minimum atomic E-state index is -0.422. The fraction of sp³-hybridized carbons (Fsp3) is 0.143. The van der Waals surface area contributed by atoms with Crippen LogP contribution in [0.2, 0.25) is 5.02 Å². The average molecular weight is 277 g/mol. The topological polar surface area (TPSA) is 55.2 Å². The van der Waals surface area contributed by atoms with E-state index in [2.05, 4.69) is 5.32 Å². The molecule has 0 heterocycles. The molecule has 19 heavy (non-hydrogen) atoms. The standard InChI is InChI=1S/C14H13ClN2O2/c1-10-3-2-4-11(7-10)9-16-13-8-12(15)5-6-14(13)17(18)19/h2-8,16H,9H2,1H3. The Labute approximate surface area is 116 Å². The van der Waals surface area contributed by atoms with E-state index in [1.807, 2.05) is 31.2 Å². The molecule has 0 bridgehead atoms. The van der Waals surface area contributed by atoms with Gasteiger partial charge in [-0.3, -0.25) is 10.1 Å². The molecule has 0 unspecified atom stereocenters. The van der Waals surface area contributed by atoms with Gasteiger partial charge in [-0.2, -0.15) is 0 Å². The number of benzene rings is 2. The molecule has 0 aliphatic carbocycles. The van der Waals surface area contributed by atoms with Gasteiger partial charge in [0.05, 0.1) is 4.92 Å². The highest BCUT2D eigenvalue weighted by atomic mass is 35.5. The highest BCUT2D eigenvalue weighted by molar-refractivity contribution is 6.31. The Balaban J connectivity index is 2.19. The first-order valence-electron chi connectivity index (χ1n) is 5.79. The highest BCUT2D eigenvalue weighted by Crippen LogP contribution is 2.28. The Bertz CT molecular complexity index is 614. The van der Waals surface area contributed by atoms with Crippen molar-refractivity contribution >= 4 is 23.0 Å². The summed E-state index contributed by atoms with van der Waals surface area (Å²) >= 11 is 5.87. The van der Waals surface area contributed by atoms with Gasteiger partial charge < -0.3 is 5.32 Å². The van der Waals surface area contributed by atoms with Crippen molar-refractivity contribution in [1.29, 1.82) is 0 Å². The van der Waals surface area contributed by atoms with Crippen LogP contribution < -0.4 is 5.32 Å². The van der Waals surface area contributed by atoms with Gasteiger partial charge in [0.2, 0.25) is 0 Å². The van der Waals surface area contributed by atoms with Gasteiger partial charge in [0, 0.05) is 17.6 Å². The molecule has 5 heteroatoms. The van der Waals surface area contributed by atoms with Crippen LogP contribution in [-0.2, 0) is 6.54 Å². The summed E-state index contributed by atoms with van der Waals surface area (Å²) in [5.41, 5.74) is 2.67. The van der Waals surface area contributed by atoms with Crippen molar-refractivity contribution in [3.63, 3.8) is 0 Å². The summed E-state index contributed by atoms with van der Waals surface area (Å²) in [7, 11) is 0. The molecule has 0 aromatic heterocycles. The number of nitrogens with zero attached hydrogens (tertiary/aromatic N) is 1. The van der Waals surface area contributed by atoms with Crippen molar-refractivity contribution in [2.24, 2.45) is 0 Å². The zero-order valence-electron chi connectivity index (χ0n) is 10.4. The Morgan fingerprint density at radius 1 is 1.26 bits per heavy atom. The number of nitro benzene ring substituents is 1. The Kier molecular flexibility index (Phi) is 4.02. The van der Waals surface area contributed by atoms with Crippen LogP contribution in [0.4, 0.5) is 11.4 Å². The zero-order valence-corrected chi connectivity index (χ0v) is 11.1. The van der Waals surface area contributed by atoms with Gasteiger partial charge in [-0.05, 0) is 24.6 Å². The van der Waals surface area contributed by atoms with E-state index < -0.39 is 4.92 Å². The molecule has 0 amide bonds. The maximum atomic E-state index is 10.9. The third-order valence-corrected chi connectivity index (χ3v) is 2.96. The molecule has 0 radical (unpaired) electrons. The summed E-state index contributed by atoms with van der Waals surface area (Å²) < 4.78 is 0. The molecule has 2 rings (SSSR count). The predicted molar refractivity (Wildman–Crippen MR) is 76.6 cm³/mol. The average Bonchev–Trinajstić information content (AvgIpc) is 2.36. The minimum Gasteiger partial charge on any atom is -0.375 e. The van der Waals surface area contributed by atoms with Crippen molar-refractivity contribution in [3.05, 3.63) is 68.7 Å². The first kappa shape index (κ1) is 13.4. The highest BCUT2D eigenvalue weighted by Gasteiger charge is 2.13. The molecular formula is C14H13ClN2O2. The van der Waals surface area contributed by atoms with Crippen LogP contribution in [0.5, 0.6) is 0 Å². The first-order chi connectivity index (χ1) is 9.06. The monoisotopic (exact) mass is 276 g/mol. The summed E-state index contributed by atoms with van der Waals surface area (Å²) in [6, 6.07) is 12.4. The molecule has 0 atom stereocenters. The first-order valence-corrected chi connectivity index (χ1v) is 6.17. The number of rotatable bonds is 4. The quantitative estimate of drug-likeness (QED) is 0.673. The van der Waals surface area contributed by atoms with Crippen molar-refractivity contribution in [1.82, 2.24) is 0 Å². The fourth-order valence-corrected chi connectivity index (χ4v) is 2.00. The lowest BCUT2D eigenvalue weighted by Gasteiger charge is -2.08. The second-order valence-corrected chi connectivity index (χ2v) is 4.70. The molecule has 1 N–H and O–H groups in total. The van der Waals surface area contributed by atoms with E-state index in [1.165, 1.54) is 12.1 Å². The third-order valence-electron chi connectivity index (χ3n) is 2.72. The molecular weight excluding hydrogens is 264 g/mol. The Morgan fingerprint density at radius 3 is 2.74 bits per heavy atom. The molecule has 2 aromatic rings. The maximum Gasteiger partial charge on any atom is 0.292 e. The van der Waals surface area contributed by atoms with E-state index in [0.29, 0.717) is 17.3 Å². The second kappa shape index (κ2) is 5.71. The van der Waals surface area contributed by atoms with Crippen LogP contribution in [0, 0.1) is 17.0 Å². The van der Waals surface area contributed by atoms with E-state index in [-0.39, 0.29) is 5.69 Å². The van der Waals surface area contributed by atoms with E-state index in [4.69, 9.17) is 11.6 Å². The summed E-state index contributed by atoms with van der Waals surface area (Å²) in [6.07, 6.45) is 0. The smallest absolute Gasteiger partial charge is 0.292 e. The summed E-state index contributed by atoms with van der Waals surface area (Å²) in [5.74, 6) is 0. The van der Waals surface area contributed by atoms with Crippen LogP contribution in [-0.4, -0.2) is 4.92 Å². The molecule has 98 valence electrons. The molecule has 0 fully saturated rings. The predicted octanol–water partition coefficient (Wildman–Crippen LogP) is 4.17.